The lowest BCUT2D eigenvalue weighted by atomic mass is 10.2. The highest BCUT2D eigenvalue weighted by Crippen LogP contribution is 2.28. The third-order valence-corrected chi connectivity index (χ3v) is 4.58. The van der Waals surface area contributed by atoms with Gasteiger partial charge in [0.15, 0.2) is 5.16 Å². The summed E-state index contributed by atoms with van der Waals surface area (Å²) in [6, 6.07) is 15.9. The fraction of sp³-hybridized carbons (Fsp3) is 0.211. The number of amides is 2. The first-order chi connectivity index (χ1) is 12.6. The molecule has 26 heavy (non-hydrogen) atoms. The van der Waals surface area contributed by atoms with Crippen LogP contribution in [0.2, 0.25) is 0 Å². The van der Waals surface area contributed by atoms with E-state index < -0.39 is 12.0 Å². The second-order valence-electron chi connectivity index (χ2n) is 5.61. The van der Waals surface area contributed by atoms with Crippen molar-refractivity contribution in [3.63, 3.8) is 0 Å². The van der Waals surface area contributed by atoms with Crippen LogP contribution in [0.15, 0.2) is 53.7 Å². The summed E-state index contributed by atoms with van der Waals surface area (Å²) < 4.78 is 6.74. The molecule has 7 heteroatoms. The molecule has 1 N–H and O–H groups in total. The van der Waals surface area contributed by atoms with E-state index >= 15 is 0 Å². The molecule has 0 unspecified atom stereocenters. The van der Waals surface area contributed by atoms with Crippen LogP contribution in [0.4, 0.5) is 4.79 Å². The summed E-state index contributed by atoms with van der Waals surface area (Å²) in [5.41, 5.74) is 3.93. The van der Waals surface area contributed by atoms with Gasteiger partial charge in [-0.05, 0) is 43.7 Å². The largest absolute Gasteiger partial charge is 0.450 e. The van der Waals surface area contributed by atoms with Crippen molar-refractivity contribution in [2.24, 2.45) is 0 Å². The predicted molar refractivity (Wildman–Crippen MR) is 102 cm³/mol. The molecule has 0 saturated heterocycles. The summed E-state index contributed by atoms with van der Waals surface area (Å²) >= 11 is 1.27. The minimum Gasteiger partial charge on any atom is -0.450 e. The number of carbonyl (C=O) groups excluding carboxylic acids is 2. The molecule has 2 aromatic carbocycles. The zero-order chi connectivity index (χ0) is 18.5. The highest BCUT2D eigenvalue weighted by molar-refractivity contribution is 7.99. The average molecular weight is 369 g/mol. The summed E-state index contributed by atoms with van der Waals surface area (Å²) in [5.74, 6) is -0.357. The molecule has 0 saturated carbocycles. The number of aryl methyl sites for hydroxylation is 1. The number of rotatable bonds is 5. The lowest BCUT2D eigenvalue weighted by Gasteiger charge is -2.10. The average Bonchev–Trinajstić information content (AvgIpc) is 2.98. The zero-order valence-corrected chi connectivity index (χ0v) is 15.4. The molecule has 0 aliphatic carbocycles. The van der Waals surface area contributed by atoms with Crippen LogP contribution in [0.3, 0.4) is 0 Å². The van der Waals surface area contributed by atoms with Gasteiger partial charge < -0.3 is 4.74 Å². The molecule has 0 aliphatic heterocycles. The Kier molecular flexibility index (Phi) is 5.58. The van der Waals surface area contributed by atoms with E-state index in [1.54, 1.807) is 6.92 Å². The number of benzene rings is 2. The molecule has 0 spiro atoms. The van der Waals surface area contributed by atoms with Crippen LogP contribution in [-0.2, 0) is 9.53 Å². The van der Waals surface area contributed by atoms with Crippen LogP contribution >= 0.6 is 11.8 Å². The number of imide groups is 1. The van der Waals surface area contributed by atoms with E-state index in [1.165, 1.54) is 11.8 Å². The van der Waals surface area contributed by atoms with Crippen molar-refractivity contribution in [1.29, 1.82) is 0 Å². The van der Waals surface area contributed by atoms with E-state index in [9.17, 15) is 9.59 Å². The monoisotopic (exact) mass is 369 g/mol. The standard InChI is InChI=1S/C19H19N3O3S/c1-3-25-19(24)21-17(23)12-26-18-20-15-9-4-5-10-16(15)22(18)14-8-6-7-13(2)11-14/h4-11H,3,12H2,1-2H3,(H,21,23,24). The molecule has 1 aromatic heterocycles. The van der Waals surface area contributed by atoms with Gasteiger partial charge in [0.25, 0.3) is 0 Å². The fourth-order valence-corrected chi connectivity index (χ4v) is 3.39. The van der Waals surface area contributed by atoms with E-state index in [0.717, 1.165) is 22.3 Å². The number of imidazole rings is 1. The summed E-state index contributed by atoms with van der Waals surface area (Å²) in [6.45, 7) is 3.93. The molecule has 2 amide bonds. The van der Waals surface area contributed by atoms with Gasteiger partial charge in [-0.15, -0.1) is 0 Å². The molecule has 0 fully saturated rings. The normalized spacial score (nSPS) is 10.7. The topological polar surface area (TPSA) is 73.2 Å². The predicted octanol–water partition coefficient (Wildman–Crippen LogP) is 3.70. The van der Waals surface area contributed by atoms with Gasteiger partial charge in [-0.2, -0.15) is 0 Å². The number of aromatic nitrogens is 2. The molecule has 1 heterocycles. The second kappa shape index (κ2) is 8.05. The molecule has 0 atom stereocenters. The lowest BCUT2D eigenvalue weighted by Crippen LogP contribution is -2.32. The van der Waals surface area contributed by atoms with Crippen molar-refractivity contribution in [3.05, 3.63) is 54.1 Å². The third kappa shape index (κ3) is 4.05. The van der Waals surface area contributed by atoms with Gasteiger partial charge in [0.1, 0.15) is 0 Å². The van der Waals surface area contributed by atoms with E-state index in [1.807, 2.05) is 54.0 Å². The van der Waals surface area contributed by atoms with Crippen LogP contribution in [-0.4, -0.2) is 33.9 Å². The fourth-order valence-electron chi connectivity index (χ4n) is 2.56. The maximum absolute atomic E-state index is 11.9. The molecule has 3 rings (SSSR count). The number of nitrogens with one attached hydrogen (secondary N) is 1. The Morgan fingerprint density at radius 3 is 2.77 bits per heavy atom. The number of alkyl carbamates (subject to hydrolysis) is 1. The molecule has 0 bridgehead atoms. The molecule has 6 nitrogen and oxygen atoms in total. The Morgan fingerprint density at radius 2 is 2.00 bits per heavy atom. The zero-order valence-electron chi connectivity index (χ0n) is 14.6. The molecule has 134 valence electrons. The number of para-hydroxylation sites is 2. The summed E-state index contributed by atoms with van der Waals surface area (Å²) in [7, 11) is 0. The Morgan fingerprint density at radius 1 is 1.19 bits per heavy atom. The number of hydrogen-bond donors (Lipinski definition) is 1. The third-order valence-electron chi connectivity index (χ3n) is 3.64. The maximum Gasteiger partial charge on any atom is 0.413 e. The van der Waals surface area contributed by atoms with Crippen molar-refractivity contribution in [3.8, 4) is 5.69 Å². The Hall–Kier alpha value is -2.80. The highest BCUT2D eigenvalue weighted by atomic mass is 32.2. The maximum atomic E-state index is 11.9. The van der Waals surface area contributed by atoms with Crippen LogP contribution in [0.25, 0.3) is 16.7 Å². The number of hydrogen-bond acceptors (Lipinski definition) is 5. The van der Waals surface area contributed by atoms with E-state index in [2.05, 4.69) is 16.4 Å². The Bertz CT molecular complexity index is 952. The van der Waals surface area contributed by atoms with Crippen molar-refractivity contribution in [1.82, 2.24) is 14.9 Å². The molecular weight excluding hydrogens is 350 g/mol. The van der Waals surface area contributed by atoms with Gasteiger partial charge in [-0.3, -0.25) is 14.7 Å². The summed E-state index contributed by atoms with van der Waals surface area (Å²) in [4.78, 5) is 27.9. The van der Waals surface area contributed by atoms with Gasteiger partial charge in [-0.1, -0.05) is 36.0 Å². The van der Waals surface area contributed by atoms with Crippen molar-refractivity contribution in [2.45, 2.75) is 19.0 Å². The SMILES string of the molecule is CCOC(=O)NC(=O)CSc1nc2ccccc2n1-c1cccc(C)c1. The van der Waals surface area contributed by atoms with E-state index in [-0.39, 0.29) is 12.4 Å². The number of fused-ring (bicyclic) bond motifs is 1. The minimum absolute atomic E-state index is 0.0634. The Labute approximate surface area is 155 Å². The van der Waals surface area contributed by atoms with Crippen molar-refractivity contribution < 1.29 is 14.3 Å². The first kappa shape index (κ1) is 18.0. The summed E-state index contributed by atoms with van der Waals surface area (Å²) in [5, 5.41) is 2.89. The van der Waals surface area contributed by atoms with Gasteiger partial charge in [0, 0.05) is 5.69 Å². The first-order valence-electron chi connectivity index (χ1n) is 8.22. The first-order valence-corrected chi connectivity index (χ1v) is 9.21. The van der Waals surface area contributed by atoms with Gasteiger partial charge >= 0.3 is 6.09 Å². The second-order valence-corrected chi connectivity index (χ2v) is 6.56. The molecular formula is C19H19N3O3S. The van der Waals surface area contributed by atoms with Crippen LogP contribution in [0.1, 0.15) is 12.5 Å². The van der Waals surface area contributed by atoms with Crippen LogP contribution in [0.5, 0.6) is 0 Å². The molecule has 0 aliphatic rings. The molecule has 3 aromatic rings. The van der Waals surface area contributed by atoms with Crippen LogP contribution in [0, 0.1) is 6.92 Å². The van der Waals surface area contributed by atoms with E-state index in [4.69, 9.17) is 4.74 Å². The number of nitrogens with zero attached hydrogens (tertiary/aromatic N) is 2. The number of thioether (sulfide) groups is 1. The van der Waals surface area contributed by atoms with Gasteiger partial charge in [-0.25, -0.2) is 9.78 Å². The van der Waals surface area contributed by atoms with E-state index in [0.29, 0.717) is 5.16 Å². The number of ether oxygens (including phenoxy) is 1. The summed E-state index contributed by atoms with van der Waals surface area (Å²) in [6.07, 6.45) is -0.731. The Balaban J connectivity index is 1.87. The lowest BCUT2D eigenvalue weighted by molar-refractivity contribution is -0.117. The number of carbonyl (C=O) groups is 2. The molecule has 0 radical (unpaired) electrons. The van der Waals surface area contributed by atoms with Gasteiger partial charge in [0.05, 0.1) is 23.4 Å². The minimum atomic E-state index is -0.731. The smallest absolute Gasteiger partial charge is 0.413 e. The van der Waals surface area contributed by atoms with Gasteiger partial charge in [0.2, 0.25) is 5.91 Å². The van der Waals surface area contributed by atoms with Crippen molar-refractivity contribution >= 4 is 34.8 Å². The highest BCUT2D eigenvalue weighted by Gasteiger charge is 2.15. The van der Waals surface area contributed by atoms with Crippen LogP contribution < -0.4 is 5.32 Å². The quantitative estimate of drug-likeness (QED) is 0.694. The van der Waals surface area contributed by atoms with Crippen molar-refractivity contribution in [2.75, 3.05) is 12.4 Å².